The third kappa shape index (κ3) is 4.47. The summed E-state index contributed by atoms with van der Waals surface area (Å²) in [6.07, 6.45) is 0.184. The molecule has 2 aromatic rings. The molecule has 0 aliphatic heterocycles. The Labute approximate surface area is 125 Å². The van der Waals surface area contributed by atoms with Gasteiger partial charge in [-0.2, -0.15) is 11.3 Å². The smallest absolute Gasteiger partial charge is 0.304 e. The summed E-state index contributed by atoms with van der Waals surface area (Å²) in [5.41, 5.74) is 1.06. The van der Waals surface area contributed by atoms with Crippen molar-refractivity contribution in [3.05, 3.63) is 44.8 Å². The highest BCUT2D eigenvalue weighted by Gasteiger charge is 2.20. The Morgan fingerprint density at radius 3 is 2.70 bits per heavy atom. The molecule has 6 heteroatoms. The van der Waals surface area contributed by atoms with Crippen LogP contribution in [0.1, 0.15) is 29.2 Å². The predicted octanol–water partition coefficient (Wildman–Crippen LogP) is 3.07. The van der Waals surface area contributed by atoms with Gasteiger partial charge >= 0.3 is 5.97 Å². The molecule has 0 bridgehead atoms. The molecule has 106 valence electrons. The molecule has 0 aromatic carbocycles. The Kier molecular flexibility index (Phi) is 5.31. The number of thiophene rings is 2. The average molecular weight is 309 g/mol. The van der Waals surface area contributed by atoms with Crippen LogP contribution in [-0.4, -0.2) is 17.0 Å². The fraction of sp³-hybridized carbons (Fsp3) is 0.286. The minimum absolute atomic E-state index is 0.0214. The second-order valence-electron chi connectivity index (χ2n) is 4.42. The summed E-state index contributed by atoms with van der Waals surface area (Å²) in [5.74, 6) is -1.25. The van der Waals surface area contributed by atoms with Gasteiger partial charge in [0.1, 0.15) is 0 Å². The third-order valence-corrected chi connectivity index (χ3v) is 4.63. The van der Waals surface area contributed by atoms with E-state index in [4.69, 9.17) is 5.11 Å². The summed E-state index contributed by atoms with van der Waals surface area (Å²) in [5, 5.41) is 17.6. The molecular weight excluding hydrogens is 294 g/mol. The van der Waals surface area contributed by atoms with Crippen LogP contribution in [0.3, 0.4) is 0 Å². The second kappa shape index (κ2) is 7.21. The number of amides is 1. The highest BCUT2D eigenvalue weighted by molar-refractivity contribution is 7.10. The molecule has 1 amide bonds. The van der Waals surface area contributed by atoms with Crippen molar-refractivity contribution in [1.29, 1.82) is 0 Å². The highest BCUT2D eigenvalue weighted by atomic mass is 32.1. The Hall–Kier alpha value is -1.66. The molecule has 4 nitrogen and oxygen atoms in total. The van der Waals surface area contributed by atoms with Crippen molar-refractivity contribution in [1.82, 2.24) is 5.32 Å². The zero-order chi connectivity index (χ0) is 14.4. The molecule has 2 rings (SSSR count). The van der Waals surface area contributed by atoms with E-state index in [0.29, 0.717) is 6.54 Å². The lowest BCUT2D eigenvalue weighted by molar-refractivity contribution is -0.137. The minimum Gasteiger partial charge on any atom is -0.481 e. The normalized spacial score (nSPS) is 12.0. The lowest BCUT2D eigenvalue weighted by Gasteiger charge is -2.13. The number of rotatable bonds is 7. The highest BCUT2D eigenvalue weighted by Crippen LogP contribution is 2.27. The molecule has 2 aromatic heterocycles. The maximum atomic E-state index is 11.9. The first-order chi connectivity index (χ1) is 9.65. The summed E-state index contributed by atoms with van der Waals surface area (Å²) in [6.45, 7) is 0.493. The van der Waals surface area contributed by atoms with E-state index in [0.717, 1.165) is 10.4 Å². The summed E-state index contributed by atoms with van der Waals surface area (Å²) in [7, 11) is 0. The maximum Gasteiger partial charge on any atom is 0.304 e. The SMILES string of the molecule is O=C(O)C[C@H](CC(=O)NCc1ccsc1)c1cccs1. The third-order valence-electron chi connectivity index (χ3n) is 2.87. The van der Waals surface area contributed by atoms with Crippen LogP contribution >= 0.6 is 22.7 Å². The molecule has 0 fully saturated rings. The zero-order valence-electron chi connectivity index (χ0n) is 10.7. The first kappa shape index (κ1) is 14.7. The number of carboxylic acid groups (broad SMARTS) is 1. The topological polar surface area (TPSA) is 66.4 Å². The van der Waals surface area contributed by atoms with Gasteiger partial charge in [-0.15, -0.1) is 11.3 Å². The van der Waals surface area contributed by atoms with Crippen molar-refractivity contribution in [2.24, 2.45) is 0 Å². The number of hydrogen-bond acceptors (Lipinski definition) is 4. The number of aliphatic carboxylic acids is 1. The van der Waals surface area contributed by atoms with Gasteiger partial charge in [0.25, 0.3) is 0 Å². The largest absolute Gasteiger partial charge is 0.481 e. The van der Waals surface area contributed by atoms with Crippen LogP contribution < -0.4 is 5.32 Å². The molecule has 0 aliphatic carbocycles. The van der Waals surface area contributed by atoms with Crippen molar-refractivity contribution in [2.75, 3.05) is 0 Å². The molecule has 0 aliphatic rings. The van der Waals surface area contributed by atoms with Crippen molar-refractivity contribution < 1.29 is 14.7 Å². The number of hydrogen-bond donors (Lipinski definition) is 2. The van der Waals surface area contributed by atoms with Gasteiger partial charge in [0, 0.05) is 23.8 Å². The molecule has 0 radical (unpaired) electrons. The first-order valence-corrected chi connectivity index (χ1v) is 8.00. The molecule has 20 heavy (non-hydrogen) atoms. The second-order valence-corrected chi connectivity index (χ2v) is 6.18. The van der Waals surface area contributed by atoms with Crippen LogP contribution in [0.4, 0.5) is 0 Å². The Bertz CT molecular complexity index is 549. The van der Waals surface area contributed by atoms with Crippen molar-refractivity contribution >= 4 is 34.6 Å². The average Bonchev–Trinajstić information content (AvgIpc) is 3.08. The van der Waals surface area contributed by atoms with Crippen molar-refractivity contribution in [3.63, 3.8) is 0 Å². The summed E-state index contributed by atoms with van der Waals surface area (Å²) in [4.78, 5) is 23.8. The van der Waals surface area contributed by atoms with E-state index >= 15 is 0 Å². The molecule has 2 heterocycles. The minimum atomic E-state index is -0.881. The quantitative estimate of drug-likeness (QED) is 0.826. The van der Waals surface area contributed by atoms with Gasteiger partial charge in [0.15, 0.2) is 0 Å². The monoisotopic (exact) mass is 309 g/mol. The lowest BCUT2D eigenvalue weighted by Crippen LogP contribution is -2.25. The van der Waals surface area contributed by atoms with E-state index < -0.39 is 5.97 Å². The van der Waals surface area contributed by atoms with Crippen molar-refractivity contribution in [3.8, 4) is 0 Å². The Morgan fingerprint density at radius 1 is 1.25 bits per heavy atom. The first-order valence-electron chi connectivity index (χ1n) is 6.18. The van der Waals surface area contributed by atoms with Crippen LogP contribution in [0, 0.1) is 0 Å². The maximum absolute atomic E-state index is 11.9. The predicted molar refractivity (Wildman–Crippen MR) is 80.1 cm³/mol. The molecule has 0 saturated heterocycles. The van der Waals surface area contributed by atoms with Gasteiger partial charge in [0.05, 0.1) is 6.42 Å². The molecule has 0 spiro atoms. The van der Waals surface area contributed by atoms with Crippen LogP contribution in [-0.2, 0) is 16.1 Å². The van der Waals surface area contributed by atoms with Crippen LogP contribution in [0.25, 0.3) is 0 Å². The van der Waals surface area contributed by atoms with E-state index in [2.05, 4.69) is 5.32 Å². The van der Waals surface area contributed by atoms with Gasteiger partial charge in [0.2, 0.25) is 5.91 Å². The molecule has 1 atom stereocenters. The Balaban J connectivity index is 1.90. The summed E-state index contributed by atoms with van der Waals surface area (Å²) in [6, 6.07) is 5.71. The number of carbonyl (C=O) groups is 2. The number of carbonyl (C=O) groups excluding carboxylic acids is 1. The number of carboxylic acids is 1. The fourth-order valence-corrected chi connectivity index (χ4v) is 3.40. The van der Waals surface area contributed by atoms with E-state index in [1.165, 1.54) is 11.3 Å². The van der Waals surface area contributed by atoms with Gasteiger partial charge < -0.3 is 10.4 Å². The van der Waals surface area contributed by atoms with E-state index in [-0.39, 0.29) is 24.7 Å². The molecule has 2 N–H and O–H groups in total. The van der Waals surface area contributed by atoms with Crippen LogP contribution in [0.15, 0.2) is 34.3 Å². The summed E-state index contributed by atoms with van der Waals surface area (Å²) < 4.78 is 0. The van der Waals surface area contributed by atoms with Crippen LogP contribution in [0.2, 0.25) is 0 Å². The fourth-order valence-electron chi connectivity index (χ4n) is 1.90. The van der Waals surface area contributed by atoms with Gasteiger partial charge in [-0.25, -0.2) is 0 Å². The molecule has 0 saturated carbocycles. The standard InChI is InChI=1S/C14H15NO3S2/c16-13(15-8-10-3-5-19-9-10)6-11(7-14(17)18)12-2-1-4-20-12/h1-5,9,11H,6-8H2,(H,15,16)(H,17,18)/t11-/m0/s1. The Morgan fingerprint density at radius 2 is 2.10 bits per heavy atom. The molecular formula is C14H15NO3S2. The van der Waals surface area contributed by atoms with E-state index in [1.807, 2.05) is 34.3 Å². The zero-order valence-corrected chi connectivity index (χ0v) is 12.4. The number of nitrogens with one attached hydrogen (secondary N) is 1. The molecule has 0 unspecified atom stereocenters. The lowest BCUT2D eigenvalue weighted by atomic mass is 9.99. The van der Waals surface area contributed by atoms with Crippen molar-refractivity contribution in [2.45, 2.75) is 25.3 Å². The van der Waals surface area contributed by atoms with Gasteiger partial charge in [-0.05, 0) is 33.8 Å². The van der Waals surface area contributed by atoms with Gasteiger partial charge in [-0.3, -0.25) is 9.59 Å². The van der Waals surface area contributed by atoms with Crippen LogP contribution in [0.5, 0.6) is 0 Å². The van der Waals surface area contributed by atoms with Gasteiger partial charge in [-0.1, -0.05) is 6.07 Å². The van der Waals surface area contributed by atoms with E-state index in [1.54, 1.807) is 11.3 Å². The van der Waals surface area contributed by atoms with E-state index in [9.17, 15) is 9.59 Å². The summed E-state index contributed by atoms with van der Waals surface area (Å²) >= 11 is 3.07.